The Morgan fingerprint density at radius 2 is 1.33 bits per heavy atom. The third kappa shape index (κ3) is 4.74. The average molecular weight is 321 g/mol. The van der Waals surface area contributed by atoms with Crippen LogP contribution in [0, 0.1) is 6.92 Å². The smallest absolute Gasteiger partial charge is 0.213 e. The van der Waals surface area contributed by atoms with E-state index in [9.17, 15) is 0 Å². The number of nitrogens with zero attached hydrogens (tertiary/aromatic N) is 1. The van der Waals surface area contributed by atoms with E-state index in [4.69, 9.17) is 14.2 Å². The molecule has 0 saturated carbocycles. The molecule has 1 heterocycles. The zero-order valence-corrected chi connectivity index (χ0v) is 13.5. The number of aromatic nitrogens is 1. The highest BCUT2D eigenvalue weighted by atomic mass is 16.5. The van der Waals surface area contributed by atoms with Gasteiger partial charge in [-0.05, 0) is 49.4 Å². The predicted molar refractivity (Wildman–Crippen MR) is 92.9 cm³/mol. The first-order valence-corrected chi connectivity index (χ1v) is 7.82. The minimum Gasteiger partial charge on any atom is -0.490 e. The maximum absolute atomic E-state index is 5.74. The third-order valence-electron chi connectivity index (χ3n) is 3.27. The summed E-state index contributed by atoms with van der Waals surface area (Å²) in [5.74, 6) is 2.97. The van der Waals surface area contributed by atoms with Crippen molar-refractivity contribution in [1.29, 1.82) is 0 Å². The summed E-state index contributed by atoms with van der Waals surface area (Å²) in [6.07, 6.45) is 0. The second-order valence-corrected chi connectivity index (χ2v) is 5.20. The molecule has 2 aromatic carbocycles. The number of benzene rings is 2. The van der Waals surface area contributed by atoms with Gasteiger partial charge in [-0.2, -0.15) is 0 Å². The number of aryl methyl sites for hydroxylation is 1. The fourth-order valence-corrected chi connectivity index (χ4v) is 2.13. The van der Waals surface area contributed by atoms with Crippen molar-refractivity contribution >= 4 is 0 Å². The summed E-state index contributed by atoms with van der Waals surface area (Å²) in [6, 6.07) is 22.9. The normalized spacial score (nSPS) is 10.2. The molecule has 0 fully saturated rings. The van der Waals surface area contributed by atoms with E-state index in [1.54, 1.807) is 0 Å². The van der Waals surface area contributed by atoms with Crippen LogP contribution >= 0.6 is 0 Å². The molecule has 0 aliphatic heterocycles. The van der Waals surface area contributed by atoms with E-state index in [0.29, 0.717) is 19.1 Å². The molecule has 3 rings (SSSR count). The van der Waals surface area contributed by atoms with Crippen molar-refractivity contribution in [2.75, 3.05) is 13.2 Å². The topological polar surface area (TPSA) is 40.6 Å². The van der Waals surface area contributed by atoms with Crippen LogP contribution in [0.4, 0.5) is 0 Å². The van der Waals surface area contributed by atoms with Gasteiger partial charge in [-0.1, -0.05) is 24.3 Å². The van der Waals surface area contributed by atoms with Gasteiger partial charge in [0.15, 0.2) is 0 Å². The van der Waals surface area contributed by atoms with Crippen LogP contribution in [0.2, 0.25) is 0 Å². The molecular formula is C20H19NO3. The molecule has 0 spiro atoms. The molecule has 122 valence electrons. The van der Waals surface area contributed by atoms with Gasteiger partial charge in [0, 0.05) is 11.8 Å². The lowest BCUT2D eigenvalue weighted by atomic mass is 10.3. The minimum absolute atomic E-state index is 0.443. The molecule has 0 N–H and O–H groups in total. The van der Waals surface area contributed by atoms with Crippen molar-refractivity contribution in [1.82, 2.24) is 4.98 Å². The first-order chi connectivity index (χ1) is 11.8. The first kappa shape index (κ1) is 15.9. The van der Waals surface area contributed by atoms with Crippen LogP contribution < -0.4 is 14.2 Å². The molecule has 0 bridgehead atoms. The monoisotopic (exact) mass is 321 g/mol. The Hall–Kier alpha value is -3.01. The van der Waals surface area contributed by atoms with Gasteiger partial charge in [0.05, 0.1) is 0 Å². The molecule has 3 aromatic rings. The lowest BCUT2D eigenvalue weighted by Crippen LogP contribution is -2.09. The highest BCUT2D eigenvalue weighted by Gasteiger charge is 1.99. The Morgan fingerprint density at radius 3 is 2.08 bits per heavy atom. The van der Waals surface area contributed by atoms with Gasteiger partial charge in [0.2, 0.25) is 5.88 Å². The number of para-hydroxylation sites is 1. The summed E-state index contributed by atoms with van der Waals surface area (Å²) < 4.78 is 16.9. The van der Waals surface area contributed by atoms with Gasteiger partial charge < -0.3 is 14.2 Å². The van der Waals surface area contributed by atoms with Gasteiger partial charge in [0.1, 0.15) is 30.5 Å². The molecule has 0 atom stereocenters. The number of rotatable bonds is 7. The second-order valence-electron chi connectivity index (χ2n) is 5.20. The van der Waals surface area contributed by atoms with Gasteiger partial charge in [-0.25, -0.2) is 4.98 Å². The Kier molecular flexibility index (Phi) is 5.30. The Balaban J connectivity index is 1.44. The van der Waals surface area contributed by atoms with Crippen LogP contribution in [0.5, 0.6) is 23.1 Å². The van der Waals surface area contributed by atoms with Crippen LogP contribution in [0.25, 0.3) is 0 Å². The molecule has 0 aliphatic carbocycles. The molecule has 0 aliphatic rings. The summed E-state index contributed by atoms with van der Waals surface area (Å²) in [7, 11) is 0. The van der Waals surface area contributed by atoms with Gasteiger partial charge in [0.25, 0.3) is 0 Å². The highest BCUT2D eigenvalue weighted by Crippen LogP contribution is 2.23. The van der Waals surface area contributed by atoms with E-state index in [1.807, 2.05) is 79.7 Å². The van der Waals surface area contributed by atoms with Gasteiger partial charge >= 0.3 is 0 Å². The van der Waals surface area contributed by atoms with Crippen molar-refractivity contribution in [3.05, 3.63) is 78.5 Å². The quantitative estimate of drug-likeness (QED) is 0.594. The largest absolute Gasteiger partial charge is 0.490 e. The molecule has 24 heavy (non-hydrogen) atoms. The van der Waals surface area contributed by atoms with E-state index < -0.39 is 0 Å². The van der Waals surface area contributed by atoms with E-state index in [1.165, 1.54) is 0 Å². The van der Waals surface area contributed by atoms with E-state index in [-0.39, 0.29) is 0 Å². The second kappa shape index (κ2) is 8.02. The van der Waals surface area contributed by atoms with Gasteiger partial charge in [-0.3, -0.25) is 0 Å². The molecule has 0 radical (unpaired) electrons. The summed E-state index contributed by atoms with van der Waals surface area (Å²) in [4.78, 5) is 4.27. The summed E-state index contributed by atoms with van der Waals surface area (Å²) in [5.41, 5.74) is 0.933. The molecule has 4 heteroatoms. The highest BCUT2D eigenvalue weighted by molar-refractivity contribution is 5.35. The first-order valence-electron chi connectivity index (χ1n) is 7.82. The lowest BCUT2D eigenvalue weighted by Gasteiger charge is -2.09. The van der Waals surface area contributed by atoms with Crippen LogP contribution in [0.1, 0.15) is 5.69 Å². The standard InChI is InChI=1S/C20H19NO3/c1-16-6-5-9-20(21-16)23-15-14-22-17-10-12-19(13-11-17)24-18-7-3-2-4-8-18/h2-13H,14-15H2,1H3. The van der Waals surface area contributed by atoms with Crippen LogP contribution in [-0.2, 0) is 0 Å². The van der Waals surface area contributed by atoms with Crippen LogP contribution in [-0.4, -0.2) is 18.2 Å². The molecule has 0 saturated heterocycles. The summed E-state index contributed by atoms with van der Waals surface area (Å²) >= 11 is 0. The summed E-state index contributed by atoms with van der Waals surface area (Å²) in [6.45, 7) is 2.83. The molecule has 0 unspecified atom stereocenters. The fraction of sp³-hybridized carbons (Fsp3) is 0.150. The van der Waals surface area contributed by atoms with Crippen molar-refractivity contribution in [2.45, 2.75) is 6.92 Å². The van der Waals surface area contributed by atoms with Crippen molar-refractivity contribution in [2.24, 2.45) is 0 Å². The van der Waals surface area contributed by atoms with E-state index >= 15 is 0 Å². The minimum atomic E-state index is 0.443. The third-order valence-corrected chi connectivity index (χ3v) is 3.27. The van der Waals surface area contributed by atoms with E-state index in [0.717, 1.165) is 22.9 Å². The number of hydrogen-bond donors (Lipinski definition) is 0. The maximum atomic E-state index is 5.74. The van der Waals surface area contributed by atoms with Crippen molar-refractivity contribution in [3.63, 3.8) is 0 Å². The van der Waals surface area contributed by atoms with E-state index in [2.05, 4.69) is 4.98 Å². The zero-order chi connectivity index (χ0) is 16.6. The maximum Gasteiger partial charge on any atom is 0.213 e. The Labute approximate surface area is 141 Å². The van der Waals surface area contributed by atoms with Crippen LogP contribution in [0.15, 0.2) is 72.8 Å². The van der Waals surface area contributed by atoms with Gasteiger partial charge in [-0.15, -0.1) is 0 Å². The van der Waals surface area contributed by atoms with Crippen molar-refractivity contribution in [3.8, 4) is 23.1 Å². The average Bonchev–Trinajstić information content (AvgIpc) is 2.61. The number of ether oxygens (including phenoxy) is 3. The predicted octanol–water partition coefficient (Wildman–Crippen LogP) is 4.64. The van der Waals surface area contributed by atoms with Crippen LogP contribution in [0.3, 0.4) is 0 Å². The molecule has 0 amide bonds. The molecule has 4 nitrogen and oxygen atoms in total. The number of pyridine rings is 1. The fourth-order valence-electron chi connectivity index (χ4n) is 2.13. The van der Waals surface area contributed by atoms with Crippen molar-refractivity contribution < 1.29 is 14.2 Å². The summed E-state index contributed by atoms with van der Waals surface area (Å²) in [5, 5.41) is 0. The Morgan fingerprint density at radius 1 is 0.667 bits per heavy atom. The lowest BCUT2D eigenvalue weighted by molar-refractivity contribution is 0.211. The SMILES string of the molecule is Cc1cccc(OCCOc2ccc(Oc3ccccc3)cc2)n1. The molecule has 1 aromatic heterocycles. The Bertz CT molecular complexity index is 757. The zero-order valence-electron chi connectivity index (χ0n) is 13.5. The molecular weight excluding hydrogens is 302 g/mol. The number of hydrogen-bond acceptors (Lipinski definition) is 4.